The van der Waals surface area contributed by atoms with E-state index in [1.807, 2.05) is 25.0 Å². The van der Waals surface area contributed by atoms with Gasteiger partial charge in [0.15, 0.2) is 11.6 Å². The van der Waals surface area contributed by atoms with Crippen LogP contribution in [0.5, 0.6) is 17.5 Å². The molecule has 2 bridgehead atoms. The van der Waals surface area contributed by atoms with E-state index in [9.17, 15) is 9.18 Å². The Hall–Kier alpha value is -2.04. The van der Waals surface area contributed by atoms with Crippen LogP contribution in [0.25, 0.3) is 0 Å². The van der Waals surface area contributed by atoms with E-state index in [0.717, 1.165) is 4.90 Å². The van der Waals surface area contributed by atoms with E-state index < -0.39 is 5.82 Å². The first kappa shape index (κ1) is 24.1. The molecule has 0 radical (unpaired) electrons. The molecule has 0 saturated carbocycles. The van der Waals surface area contributed by atoms with E-state index in [-0.39, 0.29) is 40.3 Å². The van der Waals surface area contributed by atoms with Gasteiger partial charge in [-0.05, 0) is 31.4 Å². The van der Waals surface area contributed by atoms with E-state index >= 15 is 0 Å². The number of aromatic nitrogens is 2. The molecule has 1 aromatic carbocycles. The maximum Gasteiger partial charge on any atom is 0.282 e. The van der Waals surface area contributed by atoms with Gasteiger partial charge in [-0.3, -0.25) is 4.79 Å². The molecule has 2 unspecified atom stereocenters. The fraction of sp³-hybridized carbons (Fsp3) is 0.522. The smallest absolute Gasteiger partial charge is 0.282 e. The van der Waals surface area contributed by atoms with Gasteiger partial charge < -0.3 is 19.1 Å². The molecule has 2 atom stereocenters. The minimum absolute atomic E-state index is 0.0249. The minimum atomic E-state index is -0.452. The molecule has 178 valence electrons. The van der Waals surface area contributed by atoms with Gasteiger partial charge in [-0.25, -0.2) is 14.4 Å². The highest BCUT2D eigenvalue weighted by molar-refractivity contribution is 8.14. The third-order valence-electron chi connectivity index (χ3n) is 5.64. The number of nitrogens with zero attached hydrogens (tertiary/aromatic N) is 3. The number of carbonyl (C=O) groups is 1. The molecular weight excluding hydrogens is 465 g/mol. The normalized spacial score (nSPS) is 22.4. The monoisotopic (exact) mass is 493 g/mol. The summed E-state index contributed by atoms with van der Waals surface area (Å²) in [5.41, 5.74) is 0.598. The van der Waals surface area contributed by atoms with E-state index in [4.69, 9.17) is 14.2 Å². The van der Waals surface area contributed by atoms with Crippen LogP contribution in [0.1, 0.15) is 32.3 Å². The Morgan fingerprint density at radius 1 is 1.21 bits per heavy atom. The second-order valence-electron chi connectivity index (χ2n) is 8.40. The largest absolute Gasteiger partial charge is 0.474 e. The van der Waals surface area contributed by atoms with Crippen molar-refractivity contribution in [2.75, 3.05) is 19.5 Å². The number of piperidine rings is 1. The van der Waals surface area contributed by atoms with Crippen LogP contribution >= 0.6 is 23.5 Å². The molecule has 0 N–H and O–H groups in total. The highest BCUT2D eigenvalue weighted by atomic mass is 32.2. The Balaban J connectivity index is 1.46. The molecule has 2 aliphatic heterocycles. The van der Waals surface area contributed by atoms with E-state index in [2.05, 4.69) is 9.97 Å². The third kappa shape index (κ3) is 5.55. The molecule has 4 rings (SSSR count). The quantitative estimate of drug-likeness (QED) is 0.501. The lowest BCUT2D eigenvalue weighted by Crippen LogP contribution is -2.60. The standard InChI is InChI=1S/C23H28FN3O4S2/c1-13(2)33-23(28)27-15-7-17(8-16(27)11-29-10-15)30-21-14(3)22(26-12-25-21)31-20-6-5-18(32-4)9-19(20)24/h5-6,9,12-13,15-17H,7-8,10-11H2,1-4H3. The number of ether oxygens (including phenoxy) is 3. The first-order chi connectivity index (χ1) is 15.9. The zero-order valence-corrected chi connectivity index (χ0v) is 20.7. The molecule has 1 aromatic heterocycles. The highest BCUT2D eigenvalue weighted by Gasteiger charge is 2.43. The van der Waals surface area contributed by atoms with Gasteiger partial charge in [0.25, 0.3) is 5.24 Å². The average Bonchev–Trinajstić information content (AvgIpc) is 2.76. The predicted octanol–water partition coefficient (Wildman–Crippen LogP) is 5.31. The Morgan fingerprint density at radius 2 is 1.91 bits per heavy atom. The van der Waals surface area contributed by atoms with Crippen molar-refractivity contribution in [3.8, 4) is 17.5 Å². The maximum absolute atomic E-state index is 14.4. The zero-order valence-electron chi connectivity index (χ0n) is 19.1. The van der Waals surface area contributed by atoms with Crippen molar-refractivity contribution in [1.82, 2.24) is 14.9 Å². The second kappa shape index (κ2) is 10.5. The van der Waals surface area contributed by atoms with Crippen LogP contribution in [0.15, 0.2) is 29.4 Å². The van der Waals surface area contributed by atoms with Crippen molar-refractivity contribution in [2.45, 2.75) is 61.9 Å². The molecule has 2 aromatic rings. The SMILES string of the molecule is CSc1ccc(Oc2ncnc(OC3CC4COCC(C3)N4C(=O)SC(C)C)c2C)c(F)c1. The lowest BCUT2D eigenvalue weighted by Gasteiger charge is -2.48. The topological polar surface area (TPSA) is 73.8 Å². The second-order valence-corrected chi connectivity index (χ2v) is 10.8. The Labute approximate surface area is 201 Å². The minimum Gasteiger partial charge on any atom is -0.474 e. The Morgan fingerprint density at radius 3 is 2.55 bits per heavy atom. The molecule has 3 heterocycles. The summed E-state index contributed by atoms with van der Waals surface area (Å²) in [5.74, 6) is 0.301. The van der Waals surface area contributed by atoms with Crippen LogP contribution in [-0.2, 0) is 4.74 Å². The zero-order chi connectivity index (χ0) is 23.5. The van der Waals surface area contributed by atoms with Gasteiger partial charge in [-0.2, -0.15) is 0 Å². The van der Waals surface area contributed by atoms with Crippen molar-refractivity contribution in [1.29, 1.82) is 0 Å². The van der Waals surface area contributed by atoms with Crippen molar-refractivity contribution in [3.63, 3.8) is 0 Å². The third-order valence-corrected chi connectivity index (χ3v) is 7.25. The van der Waals surface area contributed by atoms with Gasteiger partial charge >= 0.3 is 0 Å². The van der Waals surface area contributed by atoms with E-state index in [0.29, 0.717) is 37.5 Å². The maximum atomic E-state index is 14.4. The lowest BCUT2D eigenvalue weighted by atomic mass is 9.92. The number of hydrogen-bond donors (Lipinski definition) is 0. The van der Waals surface area contributed by atoms with E-state index in [1.165, 1.54) is 35.9 Å². The van der Waals surface area contributed by atoms with Crippen molar-refractivity contribution in [3.05, 3.63) is 35.9 Å². The number of amides is 1. The highest BCUT2D eigenvalue weighted by Crippen LogP contribution is 2.35. The van der Waals surface area contributed by atoms with Crippen LogP contribution < -0.4 is 9.47 Å². The Bertz CT molecular complexity index is 996. The molecule has 7 nitrogen and oxygen atoms in total. The number of carbonyl (C=O) groups excluding carboxylic acids is 1. The van der Waals surface area contributed by atoms with Gasteiger partial charge in [-0.15, -0.1) is 11.8 Å². The number of halogens is 1. The van der Waals surface area contributed by atoms with Crippen LogP contribution in [0.3, 0.4) is 0 Å². The van der Waals surface area contributed by atoms with Crippen LogP contribution in [0.4, 0.5) is 9.18 Å². The fourth-order valence-electron chi connectivity index (χ4n) is 4.12. The summed E-state index contributed by atoms with van der Waals surface area (Å²) in [4.78, 5) is 24.0. The van der Waals surface area contributed by atoms with Gasteiger partial charge in [-0.1, -0.05) is 25.6 Å². The molecule has 33 heavy (non-hydrogen) atoms. The van der Waals surface area contributed by atoms with Gasteiger partial charge in [0.2, 0.25) is 11.8 Å². The van der Waals surface area contributed by atoms with Crippen LogP contribution in [0, 0.1) is 12.7 Å². The Kier molecular flexibility index (Phi) is 7.65. The van der Waals surface area contributed by atoms with Crippen molar-refractivity contribution in [2.24, 2.45) is 0 Å². The van der Waals surface area contributed by atoms with Gasteiger partial charge in [0.05, 0.1) is 30.9 Å². The summed E-state index contributed by atoms with van der Waals surface area (Å²) in [6.07, 6.45) is 4.44. The number of thioether (sulfide) groups is 2. The predicted molar refractivity (Wildman–Crippen MR) is 127 cm³/mol. The molecule has 2 aliphatic rings. The molecule has 10 heteroatoms. The molecular formula is C23H28FN3O4S2. The number of rotatable bonds is 6. The van der Waals surface area contributed by atoms with E-state index in [1.54, 1.807) is 19.1 Å². The van der Waals surface area contributed by atoms with Crippen LogP contribution in [0.2, 0.25) is 0 Å². The molecule has 2 fully saturated rings. The van der Waals surface area contributed by atoms with Crippen LogP contribution in [-0.4, -0.2) is 63.0 Å². The summed E-state index contributed by atoms with van der Waals surface area (Å²) >= 11 is 2.81. The summed E-state index contributed by atoms with van der Waals surface area (Å²) in [6.45, 7) is 6.84. The number of fused-ring (bicyclic) bond motifs is 2. The lowest BCUT2D eigenvalue weighted by molar-refractivity contribution is -0.0738. The summed E-state index contributed by atoms with van der Waals surface area (Å²) < 4.78 is 32.1. The van der Waals surface area contributed by atoms with Crippen molar-refractivity contribution >= 4 is 28.8 Å². The first-order valence-electron chi connectivity index (χ1n) is 10.9. The number of hydrogen-bond acceptors (Lipinski definition) is 8. The number of morpholine rings is 1. The van der Waals surface area contributed by atoms with Crippen molar-refractivity contribution < 1.29 is 23.4 Å². The summed E-state index contributed by atoms with van der Waals surface area (Å²) in [6, 6.07) is 4.77. The molecule has 0 aliphatic carbocycles. The molecule has 0 spiro atoms. The molecule has 2 saturated heterocycles. The average molecular weight is 494 g/mol. The van der Waals surface area contributed by atoms with Gasteiger partial charge in [0, 0.05) is 23.0 Å². The first-order valence-corrected chi connectivity index (χ1v) is 13.0. The summed E-state index contributed by atoms with van der Waals surface area (Å²) in [5, 5.41) is 0.335. The summed E-state index contributed by atoms with van der Waals surface area (Å²) in [7, 11) is 0. The number of benzene rings is 1. The molecule has 1 amide bonds. The van der Waals surface area contributed by atoms with Gasteiger partial charge in [0.1, 0.15) is 12.4 Å². The fourth-order valence-corrected chi connectivity index (χ4v) is 5.36.